The van der Waals surface area contributed by atoms with Gasteiger partial charge in [-0.15, -0.1) is 0 Å². The van der Waals surface area contributed by atoms with Crippen LogP contribution in [0.25, 0.3) is 6.08 Å². The quantitative estimate of drug-likeness (QED) is 0.383. The Morgan fingerprint density at radius 2 is 1.68 bits per heavy atom. The molecule has 1 amide bonds. The van der Waals surface area contributed by atoms with Gasteiger partial charge in [0.1, 0.15) is 5.69 Å². The largest absolute Gasteiger partial charge is 0.454 e. The number of anilines is 1. The van der Waals surface area contributed by atoms with Gasteiger partial charge in [0.2, 0.25) is 6.79 Å². The fourth-order valence-corrected chi connectivity index (χ4v) is 2.04. The van der Waals surface area contributed by atoms with Crippen molar-refractivity contribution < 1.29 is 31.8 Å². The number of carbonyl (C=O) groups is 1. The number of rotatable bonds is 4. The number of hydrogen-bond donors (Lipinski definition) is 2. The molecule has 2 aromatic carbocycles. The smallest absolute Gasteiger partial charge is 0.262 e. The van der Waals surface area contributed by atoms with Crippen LogP contribution >= 0.6 is 0 Å². The first-order valence-corrected chi connectivity index (χ1v) is 6.92. The van der Waals surface area contributed by atoms with Crippen LogP contribution in [0, 0.1) is 23.3 Å². The molecule has 0 saturated heterocycles. The first-order valence-electron chi connectivity index (χ1n) is 6.92. The van der Waals surface area contributed by atoms with E-state index >= 15 is 0 Å². The van der Waals surface area contributed by atoms with Gasteiger partial charge in [0.15, 0.2) is 34.8 Å². The molecule has 2 aromatic rings. The molecule has 3 rings (SSSR count). The molecule has 0 aromatic heterocycles. The summed E-state index contributed by atoms with van der Waals surface area (Å²) in [5.74, 6) is -6.21. The molecule has 9 heteroatoms. The number of benzene rings is 2. The number of amides is 1. The van der Waals surface area contributed by atoms with Crippen LogP contribution in [0.15, 0.2) is 30.3 Å². The second-order valence-corrected chi connectivity index (χ2v) is 4.90. The van der Waals surface area contributed by atoms with Crippen LogP contribution in [0.1, 0.15) is 5.56 Å². The van der Waals surface area contributed by atoms with Gasteiger partial charge in [-0.3, -0.25) is 15.6 Å². The van der Waals surface area contributed by atoms with Gasteiger partial charge in [-0.2, -0.15) is 0 Å². The Balaban J connectivity index is 1.66. The van der Waals surface area contributed by atoms with E-state index in [9.17, 15) is 22.4 Å². The van der Waals surface area contributed by atoms with Crippen molar-refractivity contribution in [2.75, 3.05) is 12.2 Å². The lowest BCUT2D eigenvalue weighted by Gasteiger charge is -2.09. The molecule has 0 bridgehead atoms. The summed E-state index contributed by atoms with van der Waals surface area (Å²) in [5.41, 5.74) is 3.20. The average Bonchev–Trinajstić information content (AvgIpc) is 3.06. The second-order valence-electron chi connectivity index (χ2n) is 4.90. The second kappa shape index (κ2) is 6.71. The zero-order valence-electron chi connectivity index (χ0n) is 12.4. The van der Waals surface area contributed by atoms with Crippen molar-refractivity contribution in [3.05, 3.63) is 59.2 Å². The zero-order chi connectivity index (χ0) is 18.0. The number of hydrazine groups is 1. The Hall–Kier alpha value is -3.23. The highest BCUT2D eigenvalue weighted by Crippen LogP contribution is 2.32. The Bertz CT molecular complexity index is 845. The number of carbonyl (C=O) groups excluding carboxylic acids is 1. The molecule has 1 heterocycles. The van der Waals surface area contributed by atoms with Crippen molar-refractivity contribution in [1.29, 1.82) is 0 Å². The van der Waals surface area contributed by atoms with Crippen molar-refractivity contribution in [3.63, 3.8) is 0 Å². The molecule has 0 unspecified atom stereocenters. The fourth-order valence-electron chi connectivity index (χ4n) is 2.04. The molecule has 0 aliphatic carbocycles. The van der Waals surface area contributed by atoms with E-state index in [1.807, 2.05) is 10.9 Å². The summed E-state index contributed by atoms with van der Waals surface area (Å²) in [5, 5.41) is 0. The molecule has 2 N–H and O–H groups in total. The lowest BCUT2D eigenvalue weighted by molar-refractivity contribution is -0.116. The Kier molecular flexibility index (Phi) is 4.46. The van der Waals surface area contributed by atoms with Crippen molar-refractivity contribution in [2.24, 2.45) is 0 Å². The summed E-state index contributed by atoms with van der Waals surface area (Å²) >= 11 is 0. The first-order chi connectivity index (χ1) is 12.0. The SMILES string of the molecule is O=C(C=Cc1ccc2c(c1)OCO2)NNc1c(F)c(F)cc(F)c1F. The van der Waals surface area contributed by atoms with Crippen LogP contribution in [0.5, 0.6) is 11.5 Å². The molecular formula is C16H10F4N2O3. The minimum atomic E-state index is -1.65. The molecule has 5 nitrogen and oxygen atoms in total. The van der Waals surface area contributed by atoms with Crippen molar-refractivity contribution in [2.45, 2.75) is 0 Å². The van der Waals surface area contributed by atoms with Crippen LogP contribution in [-0.4, -0.2) is 12.7 Å². The van der Waals surface area contributed by atoms with E-state index in [0.29, 0.717) is 17.1 Å². The molecule has 1 aliphatic rings. The fraction of sp³-hybridized carbons (Fsp3) is 0.0625. The van der Waals surface area contributed by atoms with Gasteiger partial charge in [-0.05, 0) is 23.8 Å². The molecule has 1 aliphatic heterocycles. The molecule has 0 radical (unpaired) electrons. The molecule has 130 valence electrons. The number of ether oxygens (including phenoxy) is 2. The van der Waals surface area contributed by atoms with E-state index in [1.165, 1.54) is 6.08 Å². The molecule has 0 spiro atoms. The average molecular weight is 354 g/mol. The van der Waals surface area contributed by atoms with Crippen molar-refractivity contribution in [1.82, 2.24) is 5.43 Å². The van der Waals surface area contributed by atoms with E-state index in [0.717, 1.165) is 6.08 Å². The number of hydrogen-bond acceptors (Lipinski definition) is 4. The Labute approximate surface area is 138 Å². The van der Waals surface area contributed by atoms with Crippen molar-refractivity contribution in [3.8, 4) is 11.5 Å². The molecule has 25 heavy (non-hydrogen) atoms. The topological polar surface area (TPSA) is 59.6 Å². The highest BCUT2D eigenvalue weighted by Gasteiger charge is 2.19. The number of halogens is 4. The molecule has 0 atom stereocenters. The molecule has 0 fully saturated rings. The molecule has 0 saturated carbocycles. The Morgan fingerprint density at radius 1 is 1.00 bits per heavy atom. The van der Waals surface area contributed by atoms with E-state index in [1.54, 1.807) is 18.2 Å². The summed E-state index contributed by atoms with van der Waals surface area (Å²) in [6.07, 6.45) is 2.45. The van der Waals surface area contributed by atoms with Crippen LogP contribution in [-0.2, 0) is 4.79 Å². The van der Waals surface area contributed by atoms with Crippen molar-refractivity contribution >= 4 is 17.7 Å². The summed E-state index contributed by atoms with van der Waals surface area (Å²) in [4.78, 5) is 11.7. The van der Waals surface area contributed by atoms with Gasteiger partial charge in [-0.1, -0.05) is 6.07 Å². The lowest BCUT2D eigenvalue weighted by atomic mass is 10.2. The third-order valence-electron chi connectivity index (χ3n) is 3.25. The van der Waals surface area contributed by atoms with Gasteiger partial charge < -0.3 is 9.47 Å². The number of nitrogens with one attached hydrogen (secondary N) is 2. The minimum Gasteiger partial charge on any atom is -0.454 e. The normalized spacial score (nSPS) is 12.5. The van der Waals surface area contributed by atoms with Gasteiger partial charge in [0.05, 0.1) is 0 Å². The van der Waals surface area contributed by atoms with E-state index in [2.05, 4.69) is 0 Å². The highest BCUT2D eigenvalue weighted by atomic mass is 19.2. The maximum atomic E-state index is 13.4. The summed E-state index contributed by atoms with van der Waals surface area (Å²) in [7, 11) is 0. The van der Waals surface area contributed by atoms with Crippen LogP contribution in [0.3, 0.4) is 0 Å². The van der Waals surface area contributed by atoms with Gasteiger partial charge in [0.25, 0.3) is 5.91 Å². The summed E-state index contributed by atoms with van der Waals surface area (Å²) in [6.45, 7) is 0.105. The predicted octanol–water partition coefficient (Wildman–Crippen LogP) is 3.13. The summed E-state index contributed by atoms with van der Waals surface area (Å²) < 4.78 is 63.3. The highest BCUT2D eigenvalue weighted by molar-refractivity contribution is 5.92. The van der Waals surface area contributed by atoms with Crippen LogP contribution < -0.4 is 20.3 Å². The van der Waals surface area contributed by atoms with Crippen LogP contribution in [0.4, 0.5) is 23.2 Å². The Morgan fingerprint density at radius 3 is 2.40 bits per heavy atom. The third kappa shape index (κ3) is 3.49. The maximum absolute atomic E-state index is 13.4. The third-order valence-corrected chi connectivity index (χ3v) is 3.25. The standard InChI is InChI=1S/C16H10F4N2O3/c17-9-6-10(18)15(20)16(14(9)19)22-21-13(23)4-2-8-1-3-11-12(5-8)25-7-24-11/h1-6,22H,7H2,(H,21,23). The van der Waals surface area contributed by atoms with Crippen LogP contribution in [0.2, 0.25) is 0 Å². The minimum absolute atomic E-state index is 0.0667. The van der Waals surface area contributed by atoms with E-state index in [-0.39, 0.29) is 12.9 Å². The first kappa shape index (κ1) is 16.6. The van der Waals surface area contributed by atoms with E-state index < -0.39 is 34.9 Å². The zero-order valence-corrected chi connectivity index (χ0v) is 12.4. The summed E-state index contributed by atoms with van der Waals surface area (Å²) in [6, 6.07) is 5.00. The molecular weight excluding hydrogens is 344 g/mol. The monoisotopic (exact) mass is 354 g/mol. The van der Waals surface area contributed by atoms with Gasteiger partial charge in [0, 0.05) is 12.1 Å². The lowest BCUT2D eigenvalue weighted by Crippen LogP contribution is -2.29. The maximum Gasteiger partial charge on any atom is 0.262 e. The predicted molar refractivity (Wildman–Crippen MR) is 79.6 cm³/mol. The number of fused-ring (bicyclic) bond motifs is 1. The van der Waals surface area contributed by atoms with Gasteiger partial charge >= 0.3 is 0 Å². The van der Waals surface area contributed by atoms with E-state index in [4.69, 9.17) is 9.47 Å². The van der Waals surface area contributed by atoms with Gasteiger partial charge in [-0.25, -0.2) is 17.6 Å².